The standard InChI is InChI=1S/C22H28BNO3/c1-21(2,22(3,4)27-23)26-17-7-5-6-14(8-17)13-25-20-11-16-9-15-10-18(15)19(16)12-24-20/h5-8,11-12,15,18H,9-10,13,23H2,1-4H3/t15-,18+/m0/s1. The summed E-state index contributed by atoms with van der Waals surface area (Å²) in [5, 5.41) is 0. The number of fused-ring (bicyclic) bond motifs is 3. The highest BCUT2D eigenvalue weighted by atomic mass is 16.5. The number of nitrogens with zero attached hydrogens (tertiary/aromatic N) is 1. The van der Waals surface area contributed by atoms with Crippen LogP contribution in [0.25, 0.3) is 0 Å². The van der Waals surface area contributed by atoms with Crippen molar-refractivity contribution in [3.8, 4) is 11.6 Å². The predicted octanol–water partition coefficient (Wildman–Crippen LogP) is 3.82. The fraction of sp³-hybridized carbons (Fsp3) is 0.500. The van der Waals surface area contributed by atoms with Crippen molar-refractivity contribution in [2.45, 2.75) is 64.3 Å². The maximum atomic E-state index is 6.23. The Bertz CT molecular complexity index is 849. The Labute approximate surface area is 162 Å². The molecule has 4 nitrogen and oxygen atoms in total. The van der Waals surface area contributed by atoms with E-state index in [-0.39, 0.29) is 0 Å². The third-order valence-electron chi connectivity index (χ3n) is 6.42. The van der Waals surface area contributed by atoms with Gasteiger partial charge < -0.3 is 14.1 Å². The molecule has 2 aliphatic rings. The van der Waals surface area contributed by atoms with Crippen LogP contribution in [-0.4, -0.2) is 24.2 Å². The predicted molar refractivity (Wildman–Crippen MR) is 108 cm³/mol. The average molecular weight is 365 g/mol. The second-order valence-electron chi connectivity index (χ2n) is 8.79. The van der Waals surface area contributed by atoms with Gasteiger partial charge in [-0.2, -0.15) is 0 Å². The molecule has 1 saturated carbocycles. The van der Waals surface area contributed by atoms with Gasteiger partial charge in [0.25, 0.3) is 8.05 Å². The van der Waals surface area contributed by atoms with Crippen LogP contribution in [0.5, 0.6) is 11.6 Å². The van der Waals surface area contributed by atoms with Crippen molar-refractivity contribution in [2.75, 3.05) is 0 Å². The van der Waals surface area contributed by atoms with Crippen molar-refractivity contribution in [3.63, 3.8) is 0 Å². The summed E-state index contributed by atoms with van der Waals surface area (Å²) in [7, 11) is 1.71. The maximum Gasteiger partial charge on any atom is 0.258 e. The quantitative estimate of drug-likeness (QED) is 0.700. The van der Waals surface area contributed by atoms with Crippen molar-refractivity contribution in [3.05, 3.63) is 53.2 Å². The normalized spacial score (nSPS) is 20.7. The van der Waals surface area contributed by atoms with E-state index in [1.165, 1.54) is 24.0 Å². The molecule has 27 heavy (non-hydrogen) atoms. The van der Waals surface area contributed by atoms with E-state index < -0.39 is 11.2 Å². The molecule has 5 heteroatoms. The smallest absolute Gasteiger partial charge is 0.258 e. The molecule has 0 unspecified atom stereocenters. The average Bonchev–Trinajstić information content (AvgIpc) is 3.31. The van der Waals surface area contributed by atoms with Gasteiger partial charge >= 0.3 is 0 Å². The Kier molecular flexibility index (Phi) is 4.46. The summed E-state index contributed by atoms with van der Waals surface area (Å²) in [6.45, 7) is 8.62. The number of benzene rings is 1. The lowest BCUT2D eigenvalue weighted by molar-refractivity contribution is -0.0698. The summed E-state index contributed by atoms with van der Waals surface area (Å²) in [4.78, 5) is 4.50. The van der Waals surface area contributed by atoms with E-state index in [2.05, 4.69) is 11.1 Å². The van der Waals surface area contributed by atoms with Crippen LogP contribution in [0.4, 0.5) is 0 Å². The summed E-state index contributed by atoms with van der Waals surface area (Å²) >= 11 is 0. The molecule has 4 rings (SSSR count). The highest BCUT2D eigenvalue weighted by molar-refractivity contribution is 5.98. The Hall–Kier alpha value is -2.01. The number of aromatic nitrogens is 1. The van der Waals surface area contributed by atoms with E-state index >= 15 is 0 Å². The first-order chi connectivity index (χ1) is 12.8. The maximum absolute atomic E-state index is 6.23. The largest absolute Gasteiger partial charge is 0.485 e. The van der Waals surface area contributed by atoms with Crippen molar-refractivity contribution in [1.29, 1.82) is 0 Å². The Morgan fingerprint density at radius 2 is 1.96 bits per heavy atom. The molecule has 0 saturated heterocycles. The first kappa shape index (κ1) is 18.4. The number of hydrogen-bond donors (Lipinski definition) is 0. The van der Waals surface area contributed by atoms with Gasteiger partial charge in [0.05, 0.1) is 5.60 Å². The van der Waals surface area contributed by atoms with Crippen LogP contribution >= 0.6 is 0 Å². The van der Waals surface area contributed by atoms with Crippen LogP contribution in [0.2, 0.25) is 0 Å². The molecule has 2 aromatic rings. The molecule has 0 radical (unpaired) electrons. The summed E-state index contributed by atoms with van der Waals surface area (Å²) < 4.78 is 17.8. The van der Waals surface area contributed by atoms with Crippen molar-refractivity contribution in [1.82, 2.24) is 4.98 Å². The molecule has 2 aliphatic carbocycles. The number of pyridine rings is 1. The number of rotatable bonds is 7. The van der Waals surface area contributed by atoms with Crippen LogP contribution in [0.15, 0.2) is 36.5 Å². The molecule has 0 N–H and O–H groups in total. The molecule has 1 aromatic heterocycles. The van der Waals surface area contributed by atoms with Gasteiger partial charge in [0.2, 0.25) is 5.88 Å². The fourth-order valence-electron chi connectivity index (χ4n) is 3.73. The summed E-state index contributed by atoms with van der Waals surface area (Å²) in [5.41, 5.74) is 3.04. The van der Waals surface area contributed by atoms with Crippen molar-refractivity contribution < 1.29 is 14.1 Å². The zero-order chi connectivity index (χ0) is 19.2. The van der Waals surface area contributed by atoms with Crippen LogP contribution in [0.3, 0.4) is 0 Å². The highest BCUT2D eigenvalue weighted by Crippen LogP contribution is 2.56. The Balaban J connectivity index is 1.41. The van der Waals surface area contributed by atoms with Crippen molar-refractivity contribution in [2.24, 2.45) is 5.92 Å². The summed E-state index contributed by atoms with van der Waals surface area (Å²) in [5.74, 6) is 3.16. The van der Waals surface area contributed by atoms with Gasteiger partial charge in [-0.15, -0.1) is 0 Å². The third-order valence-corrected chi connectivity index (χ3v) is 6.42. The minimum atomic E-state index is -0.469. The first-order valence-electron chi connectivity index (χ1n) is 9.74. The number of ether oxygens (including phenoxy) is 2. The molecule has 142 valence electrons. The Morgan fingerprint density at radius 3 is 2.74 bits per heavy atom. The monoisotopic (exact) mass is 365 g/mol. The lowest BCUT2D eigenvalue weighted by atomic mass is 9.88. The highest BCUT2D eigenvalue weighted by Gasteiger charge is 2.45. The molecule has 0 aliphatic heterocycles. The van der Waals surface area contributed by atoms with E-state index in [9.17, 15) is 0 Å². The van der Waals surface area contributed by atoms with Crippen LogP contribution < -0.4 is 9.47 Å². The molecule has 2 atom stereocenters. The van der Waals surface area contributed by atoms with Gasteiger partial charge in [0.1, 0.15) is 18.0 Å². The molecule has 0 amide bonds. The minimum Gasteiger partial charge on any atom is -0.485 e. The van der Waals surface area contributed by atoms with Crippen LogP contribution in [-0.2, 0) is 17.7 Å². The molecule has 1 heterocycles. The van der Waals surface area contributed by atoms with Gasteiger partial charge in [-0.3, -0.25) is 0 Å². The van der Waals surface area contributed by atoms with Gasteiger partial charge in [-0.05, 0) is 81.2 Å². The molecule has 0 bridgehead atoms. The number of hydrogen-bond acceptors (Lipinski definition) is 4. The van der Waals surface area contributed by atoms with Gasteiger partial charge in [-0.25, -0.2) is 4.98 Å². The zero-order valence-corrected chi connectivity index (χ0v) is 16.9. The minimum absolute atomic E-state index is 0.408. The van der Waals surface area contributed by atoms with E-state index in [0.29, 0.717) is 12.5 Å². The van der Waals surface area contributed by atoms with E-state index in [1.54, 1.807) is 8.05 Å². The fourth-order valence-corrected chi connectivity index (χ4v) is 3.73. The SMILES string of the molecule is BOC(C)(C)C(C)(C)Oc1cccc(COc2cc3c(cn2)[C@@H]2C[C@@H]2C3)c1. The van der Waals surface area contributed by atoms with Crippen molar-refractivity contribution >= 4 is 8.05 Å². The summed E-state index contributed by atoms with van der Waals surface area (Å²) in [6.07, 6.45) is 4.54. The Morgan fingerprint density at radius 1 is 1.15 bits per heavy atom. The first-order valence-corrected chi connectivity index (χ1v) is 9.74. The van der Waals surface area contributed by atoms with E-state index in [0.717, 1.165) is 23.1 Å². The molecular formula is C22H28BNO3. The second-order valence-corrected chi connectivity index (χ2v) is 8.79. The molecule has 1 aromatic carbocycles. The van der Waals surface area contributed by atoms with E-state index in [4.69, 9.17) is 14.1 Å². The molecule has 1 fully saturated rings. The van der Waals surface area contributed by atoms with Crippen LogP contribution in [0.1, 0.15) is 56.7 Å². The molecular weight excluding hydrogens is 337 g/mol. The third kappa shape index (κ3) is 3.57. The second kappa shape index (κ2) is 6.56. The lowest BCUT2D eigenvalue weighted by Gasteiger charge is -2.41. The topological polar surface area (TPSA) is 40.6 Å². The van der Waals surface area contributed by atoms with Gasteiger partial charge in [0, 0.05) is 12.3 Å². The molecule has 0 spiro atoms. The van der Waals surface area contributed by atoms with Crippen LogP contribution in [0, 0.1) is 5.92 Å². The van der Waals surface area contributed by atoms with Gasteiger partial charge in [-0.1, -0.05) is 12.1 Å². The summed E-state index contributed by atoms with van der Waals surface area (Å²) in [6, 6.07) is 10.1. The lowest BCUT2D eigenvalue weighted by Crippen LogP contribution is -2.51. The van der Waals surface area contributed by atoms with E-state index in [1.807, 2.05) is 58.2 Å². The zero-order valence-electron chi connectivity index (χ0n) is 16.9. The van der Waals surface area contributed by atoms with Gasteiger partial charge in [0.15, 0.2) is 0 Å².